The Balaban J connectivity index is 2.86. The standard InChI is InChI=1S/C11H11BrClN/c1-7(2)14-6-10(13)8-4-3-5-9(12)11(8)14/h3-7H,1-2H3. The number of nitrogens with zero attached hydrogens (tertiary/aromatic N) is 1. The molecule has 0 N–H and O–H groups in total. The molecule has 0 aliphatic rings. The monoisotopic (exact) mass is 271 g/mol. The number of aromatic nitrogens is 1. The van der Waals surface area contributed by atoms with E-state index in [-0.39, 0.29) is 0 Å². The minimum Gasteiger partial charge on any atom is -0.343 e. The van der Waals surface area contributed by atoms with E-state index in [1.165, 1.54) is 5.52 Å². The Labute approximate surface area is 96.8 Å². The predicted octanol–water partition coefficient (Wildman–Crippen LogP) is 4.64. The highest BCUT2D eigenvalue weighted by Gasteiger charge is 2.10. The first-order valence-corrected chi connectivity index (χ1v) is 5.73. The Morgan fingerprint density at radius 1 is 1.36 bits per heavy atom. The largest absolute Gasteiger partial charge is 0.343 e. The smallest absolute Gasteiger partial charge is 0.0662 e. The number of rotatable bonds is 1. The van der Waals surface area contributed by atoms with E-state index in [0.717, 1.165) is 14.9 Å². The molecule has 0 atom stereocenters. The van der Waals surface area contributed by atoms with E-state index < -0.39 is 0 Å². The molecule has 1 heterocycles. The molecule has 14 heavy (non-hydrogen) atoms. The van der Waals surface area contributed by atoms with Gasteiger partial charge in [-0.3, -0.25) is 0 Å². The van der Waals surface area contributed by atoms with Gasteiger partial charge in [0.25, 0.3) is 0 Å². The summed E-state index contributed by atoms with van der Waals surface area (Å²) in [7, 11) is 0. The molecule has 0 fully saturated rings. The van der Waals surface area contributed by atoms with Gasteiger partial charge in [0.2, 0.25) is 0 Å². The topological polar surface area (TPSA) is 4.93 Å². The van der Waals surface area contributed by atoms with Gasteiger partial charge < -0.3 is 4.57 Å². The average Bonchev–Trinajstić information content (AvgIpc) is 2.46. The first-order chi connectivity index (χ1) is 6.61. The molecule has 1 aromatic carbocycles. The summed E-state index contributed by atoms with van der Waals surface area (Å²) in [6.07, 6.45) is 1.99. The molecule has 2 aromatic rings. The molecule has 0 saturated heterocycles. The van der Waals surface area contributed by atoms with Crippen LogP contribution in [0.2, 0.25) is 5.02 Å². The Hall–Kier alpha value is -0.470. The van der Waals surface area contributed by atoms with Crippen molar-refractivity contribution in [3.05, 3.63) is 33.9 Å². The Kier molecular flexibility index (Phi) is 2.58. The van der Waals surface area contributed by atoms with Crippen LogP contribution in [0.5, 0.6) is 0 Å². The van der Waals surface area contributed by atoms with Crippen molar-refractivity contribution in [3.63, 3.8) is 0 Å². The molecule has 0 spiro atoms. The summed E-state index contributed by atoms with van der Waals surface area (Å²) in [4.78, 5) is 0. The molecule has 0 aliphatic heterocycles. The van der Waals surface area contributed by atoms with Crippen molar-refractivity contribution in [1.29, 1.82) is 0 Å². The molecule has 0 unspecified atom stereocenters. The Morgan fingerprint density at radius 3 is 2.71 bits per heavy atom. The van der Waals surface area contributed by atoms with E-state index in [2.05, 4.69) is 34.3 Å². The zero-order valence-electron chi connectivity index (χ0n) is 8.09. The van der Waals surface area contributed by atoms with Gasteiger partial charge in [0, 0.05) is 22.1 Å². The van der Waals surface area contributed by atoms with Crippen molar-refractivity contribution in [2.75, 3.05) is 0 Å². The summed E-state index contributed by atoms with van der Waals surface area (Å²) < 4.78 is 3.28. The van der Waals surface area contributed by atoms with Gasteiger partial charge in [0.15, 0.2) is 0 Å². The minimum absolute atomic E-state index is 0.420. The molecule has 1 aromatic heterocycles. The number of hydrogen-bond donors (Lipinski definition) is 0. The maximum Gasteiger partial charge on any atom is 0.0662 e. The van der Waals surface area contributed by atoms with E-state index in [0.29, 0.717) is 6.04 Å². The Morgan fingerprint density at radius 2 is 2.07 bits per heavy atom. The quantitative estimate of drug-likeness (QED) is 0.713. The highest BCUT2D eigenvalue weighted by molar-refractivity contribution is 9.10. The fourth-order valence-corrected chi connectivity index (χ4v) is 2.46. The fourth-order valence-electron chi connectivity index (χ4n) is 1.63. The van der Waals surface area contributed by atoms with Crippen molar-refractivity contribution in [3.8, 4) is 0 Å². The lowest BCUT2D eigenvalue weighted by Crippen LogP contribution is -1.98. The molecular formula is C11H11BrClN. The van der Waals surface area contributed by atoms with Crippen molar-refractivity contribution in [2.45, 2.75) is 19.9 Å². The number of para-hydroxylation sites is 1. The maximum absolute atomic E-state index is 6.15. The van der Waals surface area contributed by atoms with Crippen LogP contribution in [-0.2, 0) is 0 Å². The first kappa shape index (κ1) is 10.1. The SMILES string of the molecule is CC(C)n1cc(Cl)c2cccc(Br)c21. The van der Waals surface area contributed by atoms with Crippen LogP contribution in [0.3, 0.4) is 0 Å². The zero-order chi connectivity index (χ0) is 10.3. The van der Waals surface area contributed by atoms with Crippen LogP contribution in [0.4, 0.5) is 0 Å². The van der Waals surface area contributed by atoms with Crippen molar-refractivity contribution in [1.82, 2.24) is 4.57 Å². The second kappa shape index (κ2) is 3.59. The number of fused-ring (bicyclic) bond motifs is 1. The number of halogens is 2. The van der Waals surface area contributed by atoms with Crippen LogP contribution in [0.1, 0.15) is 19.9 Å². The summed E-state index contributed by atoms with van der Waals surface area (Å²) in [6, 6.07) is 6.51. The van der Waals surface area contributed by atoms with Gasteiger partial charge in [0.05, 0.1) is 10.5 Å². The molecule has 2 rings (SSSR count). The molecular weight excluding hydrogens is 261 g/mol. The van der Waals surface area contributed by atoms with Crippen molar-refractivity contribution >= 4 is 38.4 Å². The second-order valence-corrected chi connectivity index (χ2v) is 4.88. The van der Waals surface area contributed by atoms with Crippen molar-refractivity contribution < 1.29 is 0 Å². The maximum atomic E-state index is 6.15. The molecule has 1 nitrogen and oxygen atoms in total. The summed E-state index contributed by atoms with van der Waals surface area (Å²) >= 11 is 9.70. The molecule has 74 valence electrons. The number of benzene rings is 1. The fraction of sp³-hybridized carbons (Fsp3) is 0.273. The van der Waals surface area contributed by atoms with Gasteiger partial charge in [-0.15, -0.1) is 0 Å². The minimum atomic E-state index is 0.420. The molecule has 3 heteroatoms. The van der Waals surface area contributed by atoms with Crippen LogP contribution in [0.15, 0.2) is 28.9 Å². The highest BCUT2D eigenvalue weighted by Crippen LogP contribution is 2.33. The van der Waals surface area contributed by atoms with Gasteiger partial charge in [0.1, 0.15) is 0 Å². The van der Waals surface area contributed by atoms with Crippen LogP contribution >= 0.6 is 27.5 Å². The van der Waals surface area contributed by atoms with E-state index in [1.54, 1.807) is 0 Å². The lowest BCUT2D eigenvalue weighted by molar-refractivity contribution is 0.622. The lowest BCUT2D eigenvalue weighted by atomic mass is 10.2. The van der Waals surface area contributed by atoms with E-state index >= 15 is 0 Å². The molecule has 0 bridgehead atoms. The first-order valence-electron chi connectivity index (χ1n) is 4.56. The Bertz CT molecular complexity index is 473. The lowest BCUT2D eigenvalue weighted by Gasteiger charge is -2.09. The summed E-state index contributed by atoms with van der Waals surface area (Å²) in [5.41, 5.74) is 1.17. The van der Waals surface area contributed by atoms with Gasteiger partial charge in [-0.05, 0) is 35.8 Å². The van der Waals surface area contributed by atoms with Gasteiger partial charge in [-0.25, -0.2) is 0 Å². The predicted molar refractivity (Wildman–Crippen MR) is 65.0 cm³/mol. The summed E-state index contributed by atoms with van der Waals surface area (Å²) in [6.45, 7) is 4.30. The van der Waals surface area contributed by atoms with Gasteiger partial charge in [-0.2, -0.15) is 0 Å². The van der Waals surface area contributed by atoms with E-state index in [4.69, 9.17) is 11.6 Å². The third-order valence-corrected chi connectivity index (χ3v) is 3.25. The molecule has 0 saturated carbocycles. The third-order valence-electron chi connectivity index (χ3n) is 2.31. The zero-order valence-corrected chi connectivity index (χ0v) is 10.4. The summed E-state index contributed by atoms with van der Waals surface area (Å²) in [5, 5.41) is 1.92. The van der Waals surface area contributed by atoms with Crippen LogP contribution < -0.4 is 0 Å². The van der Waals surface area contributed by atoms with Crippen molar-refractivity contribution in [2.24, 2.45) is 0 Å². The average molecular weight is 273 g/mol. The van der Waals surface area contributed by atoms with Gasteiger partial charge >= 0.3 is 0 Å². The normalized spacial score (nSPS) is 11.5. The van der Waals surface area contributed by atoms with E-state index in [9.17, 15) is 0 Å². The summed E-state index contributed by atoms with van der Waals surface area (Å²) in [5.74, 6) is 0. The molecule has 0 amide bonds. The third kappa shape index (κ3) is 1.47. The van der Waals surface area contributed by atoms with Crippen LogP contribution in [0.25, 0.3) is 10.9 Å². The van der Waals surface area contributed by atoms with Crippen LogP contribution in [-0.4, -0.2) is 4.57 Å². The molecule has 0 aliphatic carbocycles. The second-order valence-electron chi connectivity index (χ2n) is 3.61. The number of hydrogen-bond acceptors (Lipinski definition) is 0. The van der Waals surface area contributed by atoms with E-state index in [1.807, 2.05) is 24.4 Å². The highest BCUT2D eigenvalue weighted by atomic mass is 79.9. The van der Waals surface area contributed by atoms with Crippen LogP contribution in [0, 0.1) is 0 Å². The molecule has 0 radical (unpaired) electrons. The van der Waals surface area contributed by atoms with Gasteiger partial charge in [-0.1, -0.05) is 23.7 Å².